The van der Waals surface area contributed by atoms with Crippen molar-refractivity contribution < 1.29 is 4.42 Å². The van der Waals surface area contributed by atoms with Gasteiger partial charge in [0.15, 0.2) is 6.39 Å². The summed E-state index contributed by atoms with van der Waals surface area (Å²) < 4.78 is 5.07. The molecular weight excluding hydrogens is 164 g/mol. The molecule has 0 N–H and O–H groups in total. The second kappa shape index (κ2) is 4.03. The van der Waals surface area contributed by atoms with Crippen LogP contribution in [-0.2, 0) is 0 Å². The van der Waals surface area contributed by atoms with Crippen LogP contribution in [0.15, 0.2) is 21.5 Å². The van der Waals surface area contributed by atoms with E-state index in [-0.39, 0.29) is 0 Å². The van der Waals surface area contributed by atoms with Crippen molar-refractivity contribution in [2.24, 2.45) is 10.9 Å². The van der Waals surface area contributed by atoms with E-state index in [1.54, 1.807) is 0 Å². The van der Waals surface area contributed by atoms with Crippen molar-refractivity contribution in [3.8, 4) is 0 Å². The van der Waals surface area contributed by atoms with E-state index in [2.05, 4.69) is 30.5 Å². The third-order valence-corrected chi connectivity index (χ3v) is 1.84. The molecule has 13 heavy (non-hydrogen) atoms. The Morgan fingerprint density at radius 1 is 1.69 bits per heavy atom. The zero-order valence-corrected chi connectivity index (χ0v) is 8.24. The van der Waals surface area contributed by atoms with Crippen LogP contribution in [0, 0.1) is 12.8 Å². The summed E-state index contributed by atoms with van der Waals surface area (Å²) in [5.74, 6) is 1.16. The zero-order valence-electron chi connectivity index (χ0n) is 8.24. The maximum atomic E-state index is 5.07. The third-order valence-electron chi connectivity index (χ3n) is 1.84. The van der Waals surface area contributed by atoms with E-state index in [1.165, 1.54) is 6.39 Å². The van der Waals surface area contributed by atoms with Crippen LogP contribution in [0.1, 0.15) is 25.3 Å². The van der Waals surface area contributed by atoms with E-state index in [0.717, 1.165) is 17.2 Å². The van der Waals surface area contributed by atoms with Crippen LogP contribution in [0.2, 0.25) is 0 Å². The summed E-state index contributed by atoms with van der Waals surface area (Å²) in [7, 11) is 0. The lowest BCUT2D eigenvalue weighted by Crippen LogP contribution is -1.90. The molecule has 0 aliphatic rings. The molecule has 0 fully saturated rings. The largest absolute Gasteiger partial charge is 0.448 e. The van der Waals surface area contributed by atoms with Gasteiger partial charge in [-0.1, -0.05) is 13.8 Å². The van der Waals surface area contributed by atoms with Crippen molar-refractivity contribution in [2.45, 2.75) is 20.8 Å². The summed E-state index contributed by atoms with van der Waals surface area (Å²) in [6.45, 7) is 9.52. The fraction of sp³-hybridized carbons (Fsp3) is 0.400. The molecule has 1 rings (SSSR count). The van der Waals surface area contributed by atoms with E-state index in [1.807, 2.05) is 13.0 Å². The Kier molecular flexibility index (Phi) is 3.01. The van der Waals surface area contributed by atoms with Gasteiger partial charge in [0.05, 0.1) is 0 Å². The molecule has 1 aromatic heterocycles. The first-order valence-electron chi connectivity index (χ1n) is 4.23. The molecule has 0 bridgehead atoms. The molecule has 0 saturated carbocycles. The van der Waals surface area contributed by atoms with Gasteiger partial charge in [-0.15, -0.1) is 0 Å². The van der Waals surface area contributed by atoms with Crippen molar-refractivity contribution in [1.29, 1.82) is 0 Å². The van der Waals surface area contributed by atoms with Crippen molar-refractivity contribution in [3.63, 3.8) is 0 Å². The highest BCUT2D eigenvalue weighted by Gasteiger charge is 2.04. The highest BCUT2D eigenvalue weighted by Crippen LogP contribution is 2.16. The summed E-state index contributed by atoms with van der Waals surface area (Å²) in [6.07, 6.45) is 3.33. The van der Waals surface area contributed by atoms with Gasteiger partial charge in [0.2, 0.25) is 0 Å². The maximum absolute atomic E-state index is 5.07. The minimum atomic E-state index is 0.355. The molecule has 70 valence electrons. The van der Waals surface area contributed by atoms with Crippen LogP contribution in [0.3, 0.4) is 0 Å². The lowest BCUT2D eigenvalue weighted by atomic mass is 10.1. The zero-order chi connectivity index (χ0) is 9.84. The van der Waals surface area contributed by atoms with E-state index >= 15 is 0 Å². The first-order chi connectivity index (χ1) is 6.15. The predicted molar refractivity (Wildman–Crippen MR) is 53.6 cm³/mol. The Morgan fingerprint density at radius 2 is 2.38 bits per heavy atom. The molecule has 0 amide bonds. The molecule has 3 nitrogen and oxygen atoms in total. The number of allylic oxidation sites excluding steroid dienone is 1. The average Bonchev–Trinajstić information content (AvgIpc) is 2.46. The highest BCUT2D eigenvalue weighted by molar-refractivity contribution is 5.52. The minimum absolute atomic E-state index is 0.355. The van der Waals surface area contributed by atoms with Crippen molar-refractivity contribution in [1.82, 2.24) is 4.98 Å². The van der Waals surface area contributed by atoms with Gasteiger partial charge in [0.1, 0.15) is 11.5 Å². The second-order valence-corrected chi connectivity index (χ2v) is 3.18. The summed E-state index contributed by atoms with van der Waals surface area (Å²) in [6, 6.07) is 0. The molecule has 0 unspecified atom stereocenters. The first-order valence-corrected chi connectivity index (χ1v) is 4.23. The first kappa shape index (κ1) is 9.71. The summed E-state index contributed by atoms with van der Waals surface area (Å²) >= 11 is 0. The Balaban J connectivity index is 2.98. The Bertz CT molecular complexity index is 323. The van der Waals surface area contributed by atoms with Crippen molar-refractivity contribution in [3.05, 3.63) is 23.5 Å². The molecule has 1 aromatic rings. The smallest absolute Gasteiger partial charge is 0.181 e. The average molecular weight is 178 g/mol. The number of aliphatic imine (C=N–C) groups is 1. The molecule has 0 saturated heterocycles. The van der Waals surface area contributed by atoms with Crippen LogP contribution in [0.5, 0.6) is 0 Å². The molecule has 0 aliphatic heterocycles. The van der Waals surface area contributed by atoms with Crippen LogP contribution >= 0.6 is 0 Å². The minimum Gasteiger partial charge on any atom is -0.448 e. The van der Waals surface area contributed by atoms with E-state index < -0.39 is 0 Å². The number of nitrogens with zero attached hydrogens (tertiary/aromatic N) is 2. The standard InChI is InChI=1S/C10H14N2O/c1-7(2)9(11-4)5-10-8(3)13-6-12-10/h5-7H,4H2,1-3H3/b9-5-. The lowest BCUT2D eigenvalue weighted by Gasteiger charge is -2.03. The molecule has 0 radical (unpaired) electrons. The number of hydrogen-bond acceptors (Lipinski definition) is 3. The fourth-order valence-corrected chi connectivity index (χ4v) is 0.987. The molecule has 1 heterocycles. The lowest BCUT2D eigenvalue weighted by molar-refractivity contribution is 0.526. The highest BCUT2D eigenvalue weighted by atomic mass is 16.3. The topological polar surface area (TPSA) is 38.4 Å². The van der Waals surface area contributed by atoms with Crippen LogP contribution in [-0.4, -0.2) is 11.7 Å². The molecular formula is C10H14N2O. The van der Waals surface area contributed by atoms with Crippen molar-refractivity contribution in [2.75, 3.05) is 0 Å². The molecule has 3 heteroatoms. The Labute approximate surface area is 78.2 Å². The van der Waals surface area contributed by atoms with Gasteiger partial charge in [0.25, 0.3) is 0 Å². The normalized spacial score (nSPS) is 12.2. The quantitative estimate of drug-likeness (QED) is 0.667. The number of hydrogen-bond donors (Lipinski definition) is 0. The van der Waals surface area contributed by atoms with Crippen LogP contribution < -0.4 is 0 Å². The molecule has 0 aromatic carbocycles. The maximum Gasteiger partial charge on any atom is 0.181 e. The predicted octanol–water partition coefficient (Wildman–Crippen LogP) is 2.68. The Morgan fingerprint density at radius 3 is 2.77 bits per heavy atom. The third kappa shape index (κ3) is 2.28. The second-order valence-electron chi connectivity index (χ2n) is 3.18. The van der Waals surface area contributed by atoms with Gasteiger partial charge in [-0.3, -0.25) is 4.99 Å². The van der Waals surface area contributed by atoms with Crippen molar-refractivity contribution >= 4 is 12.8 Å². The summed E-state index contributed by atoms with van der Waals surface area (Å²) in [5, 5.41) is 0. The van der Waals surface area contributed by atoms with Crippen LogP contribution in [0.4, 0.5) is 0 Å². The van der Waals surface area contributed by atoms with Crippen LogP contribution in [0.25, 0.3) is 6.08 Å². The number of oxazole rings is 1. The number of rotatable bonds is 3. The Hall–Kier alpha value is -1.38. The van der Waals surface area contributed by atoms with Gasteiger partial charge in [-0.05, 0) is 25.6 Å². The van der Waals surface area contributed by atoms with Gasteiger partial charge in [-0.2, -0.15) is 0 Å². The van der Waals surface area contributed by atoms with E-state index in [9.17, 15) is 0 Å². The number of aromatic nitrogens is 1. The van der Waals surface area contributed by atoms with E-state index in [4.69, 9.17) is 4.42 Å². The molecule has 0 atom stereocenters. The summed E-state index contributed by atoms with van der Waals surface area (Å²) in [5.41, 5.74) is 1.76. The monoisotopic (exact) mass is 178 g/mol. The fourth-order valence-electron chi connectivity index (χ4n) is 0.987. The van der Waals surface area contributed by atoms with Gasteiger partial charge in [0, 0.05) is 5.70 Å². The summed E-state index contributed by atoms with van der Waals surface area (Å²) in [4.78, 5) is 7.99. The molecule has 0 spiro atoms. The van der Waals surface area contributed by atoms with Gasteiger partial charge < -0.3 is 4.42 Å². The molecule has 0 aliphatic carbocycles. The van der Waals surface area contributed by atoms with Gasteiger partial charge in [-0.25, -0.2) is 4.98 Å². The number of aryl methyl sites for hydroxylation is 1. The SMILES string of the molecule is C=N/C(=C\c1ncoc1C)C(C)C. The van der Waals surface area contributed by atoms with E-state index in [0.29, 0.717) is 5.92 Å². The van der Waals surface area contributed by atoms with Gasteiger partial charge >= 0.3 is 0 Å².